The van der Waals surface area contributed by atoms with E-state index in [2.05, 4.69) is 94.3 Å². The molecule has 1 aliphatic rings. The van der Waals surface area contributed by atoms with Gasteiger partial charge in [-0.3, -0.25) is 4.98 Å². The van der Waals surface area contributed by atoms with Crippen LogP contribution < -0.4 is 5.32 Å². The standard InChI is InChI=1S/C24H29N5S/c1-18-10-4-5-12-20(18)28-16-8-13-21(28)23-22(19-11-6-7-14-25-19)26-24(30)29(23)17-9-15-27(2)3/h4-8,10-14,16,22-23H,9,15,17H2,1-3H3,(H,26,30)/t22-,23-/m1/s1. The number of nitrogens with one attached hydrogen (secondary N) is 1. The highest BCUT2D eigenvalue weighted by atomic mass is 32.1. The quantitative estimate of drug-likeness (QED) is 0.584. The van der Waals surface area contributed by atoms with Crippen molar-refractivity contribution in [3.8, 4) is 5.69 Å². The van der Waals surface area contributed by atoms with Gasteiger partial charge in [0.15, 0.2) is 5.11 Å². The average Bonchev–Trinajstić information content (AvgIpc) is 3.33. The van der Waals surface area contributed by atoms with E-state index in [1.807, 2.05) is 18.3 Å². The minimum Gasteiger partial charge on any atom is -0.352 e. The highest BCUT2D eigenvalue weighted by Gasteiger charge is 2.41. The van der Waals surface area contributed by atoms with Crippen molar-refractivity contribution in [2.45, 2.75) is 25.4 Å². The Bertz CT molecular complexity index is 998. The van der Waals surface area contributed by atoms with Crippen LogP contribution >= 0.6 is 12.2 Å². The second-order valence-electron chi connectivity index (χ2n) is 8.07. The first-order chi connectivity index (χ1) is 14.6. The summed E-state index contributed by atoms with van der Waals surface area (Å²) in [6, 6.07) is 19.0. The smallest absolute Gasteiger partial charge is 0.170 e. The molecular formula is C24H29N5S. The first-order valence-corrected chi connectivity index (χ1v) is 10.8. The number of para-hydroxylation sites is 1. The lowest BCUT2D eigenvalue weighted by atomic mass is 10.0. The summed E-state index contributed by atoms with van der Waals surface area (Å²) >= 11 is 5.80. The van der Waals surface area contributed by atoms with E-state index >= 15 is 0 Å². The Kier molecular flexibility index (Phi) is 6.16. The molecule has 6 heteroatoms. The maximum atomic E-state index is 5.80. The first-order valence-electron chi connectivity index (χ1n) is 10.4. The van der Waals surface area contributed by atoms with Crippen molar-refractivity contribution in [3.05, 3.63) is 83.9 Å². The van der Waals surface area contributed by atoms with E-state index in [0.29, 0.717) is 0 Å². The number of pyridine rings is 1. The second-order valence-corrected chi connectivity index (χ2v) is 8.45. The maximum absolute atomic E-state index is 5.80. The van der Waals surface area contributed by atoms with Gasteiger partial charge in [-0.25, -0.2) is 0 Å². The van der Waals surface area contributed by atoms with E-state index in [1.54, 1.807) is 0 Å². The molecule has 0 bridgehead atoms. The third-order valence-corrected chi connectivity index (χ3v) is 6.01. The van der Waals surface area contributed by atoms with E-state index in [-0.39, 0.29) is 12.1 Å². The van der Waals surface area contributed by atoms with Crippen molar-refractivity contribution in [1.82, 2.24) is 24.7 Å². The normalized spacial score (nSPS) is 18.8. The minimum atomic E-state index is 0.00993. The van der Waals surface area contributed by atoms with Crippen molar-refractivity contribution < 1.29 is 0 Å². The van der Waals surface area contributed by atoms with Crippen LogP contribution in [0.5, 0.6) is 0 Å². The summed E-state index contributed by atoms with van der Waals surface area (Å²) in [4.78, 5) is 9.20. The number of benzene rings is 1. The van der Waals surface area contributed by atoms with Crippen LogP contribution in [-0.2, 0) is 0 Å². The Hall–Kier alpha value is -2.70. The fraction of sp³-hybridized carbons (Fsp3) is 0.333. The topological polar surface area (TPSA) is 36.3 Å². The van der Waals surface area contributed by atoms with Gasteiger partial charge < -0.3 is 19.7 Å². The highest BCUT2D eigenvalue weighted by molar-refractivity contribution is 7.80. The lowest BCUT2D eigenvalue weighted by Crippen LogP contribution is -2.33. The summed E-state index contributed by atoms with van der Waals surface area (Å²) in [6.07, 6.45) is 5.05. The van der Waals surface area contributed by atoms with Crippen LogP contribution in [0, 0.1) is 6.92 Å². The van der Waals surface area contributed by atoms with Crippen LogP contribution in [0.3, 0.4) is 0 Å². The van der Waals surface area contributed by atoms with Crippen molar-refractivity contribution in [1.29, 1.82) is 0 Å². The maximum Gasteiger partial charge on any atom is 0.170 e. The third-order valence-electron chi connectivity index (χ3n) is 5.66. The molecule has 0 aliphatic carbocycles. The number of nitrogens with zero attached hydrogens (tertiary/aromatic N) is 4. The Balaban J connectivity index is 1.75. The minimum absolute atomic E-state index is 0.00993. The number of hydrogen-bond donors (Lipinski definition) is 1. The van der Waals surface area contributed by atoms with Crippen LogP contribution in [0.2, 0.25) is 0 Å². The summed E-state index contributed by atoms with van der Waals surface area (Å²) in [5, 5.41) is 4.36. The van der Waals surface area contributed by atoms with Gasteiger partial charge in [0.1, 0.15) is 0 Å². The largest absolute Gasteiger partial charge is 0.352 e. The molecule has 1 aromatic carbocycles. The van der Waals surface area contributed by atoms with Crippen molar-refractivity contribution in [3.63, 3.8) is 0 Å². The Morgan fingerprint density at radius 1 is 1.07 bits per heavy atom. The third kappa shape index (κ3) is 4.11. The molecule has 156 valence electrons. The monoisotopic (exact) mass is 419 g/mol. The van der Waals surface area contributed by atoms with E-state index in [1.165, 1.54) is 16.9 Å². The van der Waals surface area contributed by atoms with E-state index in [4.69, 9.17) is 12.2 Å². The second kappa shape index (κ2) is 8.98. The van der Waals surface area contributed by atoms with Crippen LogP contribution in [0.25, 0.3) is 5.69 Å². The Labute approximate surface area is 184 Å². The van der Waals surface area contributed by atoms with Gasteiger partial charge in [-0.2, -0.15) is 0 Å². The molecule has 0 amide bonds. The number of thiocarbonyl (C=S) groups is 1. The van der Waals surface area contributed by atoms with Crippen molar-refractivity contribution >= 4 is 17.3 Å². The Morgan fingerprint density at radius 2 is 1.87 bits per heavy atom. The molecule has 2 atom stereocenters. The van der Waals surface area contributed by atoms with Gasteiger partial charge >= 0.3 is 0 Å². The Morgan fingerprint density at radius 3 is 2.60 bits per heavy atom. The molecule has 1 aliphatic heterocycles. The molecule has 1 saturated heterocycles. The zero-order valence-corrected chi connectivity index (χ0v) is 18.6. The molecule has 3 aromatic rings. The lowest BCUT2D eigenvalue weighted by molar-refractivity contribution is 0.286. The summed E-state index contributed by atoms with van der Waals surface area (Å²) in [7, 11) is 4.22. The summed E-state index contributed by atoms with van der Waals surface area (Å²) in [6.45, 7) is 4.08. The van der Waals surface area contributed by atoms with Crippen molar-refractivity contribution in [2.24, 2.45) is 0 Å². The molecule has 5 nitrogen and oxygen atoms in total. The van der Waals surface area contributed by atoms with Gasteiger partial charge in [-0.1, -0.05) is 24.3 Å². The average molecular weight is 420 g/mol. The van der Waals surface area contributed by atoms with E-state index < -0.39 is 0 Å². The van der Waals surface area contributed by atoms with Gasteiger partial charge in [-0.15, -0.1) is 0 Å². The number of hydrogen-bond acceptors (Lipinski definition) is 3. The SMILES string of the molecule is Cc1ccccc1-n1cccc1[C@@H]1[C@@H](c2ccccn2)NC(=S)N1CCCN(C)C. The van der Waals surface area contributed by atoms with E-state index in [0.717, 1.165) is 30.3 Å². The molecule has 0 unspecified atom stereocenters. The van der Waals surface area contributed by atoms with Crippen LogP contribution in [-0.4, -0.2) is 51.6 Å². The number of aromatic nitrogens is 2. The van der Waals surface area contributed by atoms with E-state index in [9.17, 15) is 0 Å². The molecule has 0 spiro atoms. The van der Waals surface area contributed by atoms with Crippen molar-refractivity contribution in [2.75, 3.05) is 27.2 Å². The summed E-state index contributed by atoms with van der Waals surface area (Å²) < 4.78 is 2.30. The molecule has 1 fully saturated rings. The fourth-order valence-electron chi connectivity index (χ4n) is 4.21. The van der Waals surface area contributed by atoms with Gasteiger partial charge in [0.05, 0.1) is 17.8 Å². The number of aryl methyl sites for hydroxylation is 1. The molecule has 4 rings (SSSR count). The molecule has 2 aromatic heterocycles. The lowest BCUT2D eigenvalue weighted by Gasteiger charge is -2.29. The molecule has 0 saturated carbocycles. The molecule has 1 N–H and O–H groups in total. The van der Waals surface area contributed by atoms with Crippen LogP contribution in [0.1, 0.15) is 35.5 Å². The van der Waals surface area contributed by atoms with Gasteiger partial charge in [-0.05, 0) is 82.1 Å². The van der Waals surface area contributed by atoms with Gasteiger partial charge in [0.25, 0.3) is 0 Å². The van der Waals surface area contributed by atoms with Crippen LogP contribution in [0.15, 0.2) is 67.0 Å². The summed E-state index contributed by atoms with van der Waals surface area (Å²) in [5.74, 6) is 0. The zero-order valence-electron chi connectivity index (χ0n) is 17.8. The molecule has 0 radical (unpaired) electrons. The predicted molar refractivity (Wildman–Crippen MR) is 126 cm³/mol. The number of rotatable bonds is 7. The molecule has 3 heterocycles. The van der Waals surface area contributed by atoms with Gasteiger partial charge in [0, 0.05) is 30.3 Å². The zero-order chi connectivity index (χ0) is 21.1. The molecular weight excluding hydrogens is 390 g/mol. The molecule has 30 heavy (non-hydrogen) atoms. The fourth-order valence-corrected chi connectivity index (χ4v) is 4.55. The summed E-state index contributed by atoms with van der Waals surface area (Å²) in [5.41, 5.74) is 4.68. The van der Waals surface area contributed by atoms with Crippen LogP contribution in [0.4, 0.5) is 0 Å². The first kappa shape index (κ1) is 20.6. The predicted octanol–water partition coefficient (Wildman–Crippen LogP) is 4.10. The highest BCUT2D eigenvalue weighted by Crippen LogP contribution is 2.39. The van der Waals surface area contributed by atoms with Gasteiger partial charge in [0.2, 0.25) is 0 Å².